The highest BCUT2D eigenvalue weighted by Crippen LogP contribution is 2.12. The fraction of sp³-hybridized carbons (Fsp3) is 0.600. The fourth-order valence-corrected chi connectivity index (χ4v) is 2.93. The molecule has 0 radical (unpaired) electrons. The molecule has 3 nitrogen and oxygen atoms in total. The first-order valence-electron chi connectivity index (χ1n) is 6.91. The van der Waals surface area contributed by atoms with Crippen molar-refractivity contribution in [2.45, 2.75) is 44.4 Å². The normalized spacial score (nSPS) is 15.1. The van der Waals surface area contributed by atoms with E-state index in [1.54, 1.807) is 6.92 Å². The molecule has 0 fully saturated rings. The van der Waals surface area contributed by atoms with E-state index in [4.69, 9.17) is 0 Å². The molecule has 0 aliphatic heterocycles. The Labute approximate surface area is 117 Å². The van der Waals surface area contributed by atoms with E-state index in [0.717, 1.165) is 25.8 Å². The predicted molar refractivity (Wildman–Crippen MR) is 81.2 cm³/mol. The Hall–Kier alpha value is -0.870. The molecule has 1 aromatic rings. The Kier molecular flexibility index (Phi) is 6.52. The van der Waals surface area contributed by atoms with Crippen LogP contribution >= 0.6 is 0 Å². The van der Waals surface area contributed by atoms with E-state index in [-0.39, 0.29) is 11.3 Å². The first-order valence-corrected chi connectivity index (χ1v) is 8.86. The van der Waals surface area contributed by atoms with Crippen molar-refractivity contribution < 1.29 is 8.42 Å². The van der Waals surface area contributed by atoms with E-state index in [2.05, 4.69) is 24.4 Å². The van der Waals surface area contributed by atoms with Gasteiger partial charge >= 0.3 is 0 Å². The summed E-state index contributed by atoms with van der Waals surface area (Å²) >= 11 is 0. The van der Waals surface area contributed by atoms with Crippen LogP contribution in [0.25, 0.3) is 0 Å². The highest BCUT2D eigenvalue weighted by molar-refractivity contribution is 7.91. The summed E-state index contributed by atoms with van der Waals surface area (Å²) in [6.07, 6.45) is 4.08. The van der Waals surface area contributed by atoms with Gasteiger partial charge in [-0.15, -0.1) is 0 Å². The van der Waals surface area contributed by atoms with E-state index in [1.165, 1.54) is 11.8 Å². The Morgan fingerprint density at radius 3 is 2.37 bits per heavy atom. The first kappa shape index (κ1) is 16.2. The Balaban J connectivity index is 2.64. The number of hydrogen-bond donors (Lipinski definition) is 1. The number of benzene rings is 1. The summed E-state index contributed by atoms with van der Waals surface area (Å²) in [6.45, 7) is 4.75. The molecule has 0 aliphatic carbocycles. The Morgan fingerprint density at radius 1 is 1.21 bits per heavy atom. The molecule has 0 saturated carbocycles. The maximum Gasteiger partial charge on any atom is 0.151 e. The molecule has 0 heterocycles. The van der Waals surface area contributed by atoms with Gasteiger partial charge in [0.2, 0.25) is 0 Å². The summed E-state index contributed by atoms with van der Waals surface area (Å²) in [6, 6.07) is 10.2. The molecule has 0 saturated heterocycles. The van der Waals surface area contributed by atoms with E-state index in [9.17, 15) is 8.42 Å². The molecular formula is C15H25NO2S. The minimum atomic E-state index is -3.00. The van der Waals surface area contributed by atoms with Crippen LogP contribution in [0.3, 0.4) is 0 Å². The van der Waals surface area contributed by atoms with Gasteiger partial charge in [0.15, 0.2) is 9.84 Å². The lowest BCUT2D eigenvalue weighted by Gasteiger charge is -2.24. The maximum atomic E-state index is 11.7. The van der Waals surface area contributed by atoms with E-state index >= 15 is 0 Å². The molecular weight excluding hydrogens is 258 g/mol. The van der Waals surface area contributed by atoms with Crippen LogP contribution in [0, 0.1) is 0 Å². The van der Waals surface area contributed by atoms with Gasteiger partial charge in [0.05, 0.1) is 5.25 Å². The average molecular weight is 283 g/mol. The van der Waals surface area contributed by atoms with Crippen LogP contribution in [0.5, 0.6) is 0 Å². The summed E-state index contributed by atoms with van der Waals surface area (Å²) in [5, 5.41) is 3.02. The molecule has 0 bridgehead atoms. The quantitative estimate of drug-likeness (QED) is 0.797. The van der Waals surface area contributed by atoms with Crippen molar-refractivity contribution in [3.63, 3.8) is 0 Å². The zero-order chi connectivity index (χ0) is 14.3. The third-order valence-corrected chi connectivity index (χ3v) is 5.16. The second-order valence-corrected chi connectivity index (χ2v) is 7.52. The monoisotopic (exact) mass is 283 g/mol. The smallest absolute Gasteiger partial charge is 0.151 e. The van der Waals surface area contributed by atoms with Crippen molar-refractivity contribution in [2.24, 2.45) is 0 Å². The number of aryl methyl sites for hydroxylation is 1. The zero-order valence-electron chi connectivity index (χ0n) is 12.1. The summed E-state index contributed by atoms with van der Waals surface area (Å²) in [4.78, 5) is 0. The second kappa shape index (κ2) is 7.65. The Morgan fingerprint density at radius 2 is 1.84 bits per heavy atom. The van der Waals surface area contributed by atoms with Gasteiger partial charge in [-0.25, -0.2) is 8.42 Å². The zero-order valence-corrected chi connectivity index (χ0v) is 12.9. The van der Waals surface area contributed by atoms with Crippen molar-refractivity contribution in [2.75, 3.05) is 12.8 Å². The van der Waals surface area contributed by atoms with Crippen molar-refractivity contribution in [1.82, 2.24) is 5.32 Å². The minimum absolute atomic E-state index is 0.0233. The first-order chi connectivity index (χ1) is 8.95. The van der Waals surface area contributed by atoms with Crippen LogP contribution in [0.2, 0.25) is 0 Å². The van der Waals surface area contributed by atoms with Gasteiger partial charge in [-0.1, -0.05) is 37.3 Å². The standard InChI is InChI=1S/C15H25NO2S/c1-4-12-16-15(13(2)19(3,17)18)11-10-14-8-6-5-7-9-14/h5-9,13,15-16H,4,10-12H2,1-3H3. The fourth-order valence-electron chi connectivity index (χ4n) is 2.10. The van der Waals surface area contributed by atoms with E-state index in [1.807, 2.05) is 18.2 Å². The molecule has 108 valence electrons. The highest BCUT2D eigenvalue weighted by Gasteiger charge is 2.24. The largest absolute Gasteiger partial charge is 0.313 e. The van der Waals surface area contributed by atoms with Crippen LogP contribution in [0.4, 0.5) is 0 Å². The van der Waals surface area contributed by atoms with Gasteiger partial charge in [0.1, 0.15) is 0 Å². The second-order valence-electron chi connectivity index (χ2n) is 5.12. The minimum Gasteiger partial charge on any atom is -0.313 e. The van der Waals surface area contributed by atoms with Crippen LogP contribution in [-0.2, 0) is 16.3 Å². The lowest BCUT2D eigenvalue weighted by Crippen LogP contribution is -2.42. The third kappa shape index (κ3) is 5.74. The predicted octanol–water partition coefficient (Wildman–Crippen LogP) is 2.42. The summed E-state index contributed by atoms with van der Waals surface area (Å²) in [5.74, 6) is 0. The van der Waals surface area contributed by atoms with Crippen LogP contribution < -0.4 is 5.32 Å². The highest BCUT2D eigenvalue weighted by atomic mass is 32.2. The van der Waals surface area contributed by atoms with Crippen LogP contribution in [0.1, 0.15) is 32.3 Å². The number of rotatable bonds is 8. The van der Waals surface area contributed by atoms with Gasteiger partial charge in [-0.3, -0.25) is 0 Å². The molecule has 0 aliphatic rings. The molecule has 1 N–H and O–H groups in total. The molecule has 0 aromatic heterocycles. The van der Waals surface area contributed by atoms with Crippen molar-refractivity contribution in [3.8, 4) is 0 Å². The molecule has 1 rings (SSSR count). The summed E-state index contributed by atoms with van der Waals surface area (Å²) in [5.41, 5.74) is 1.26. The third-order valence-electron chi connectivity index (χ3n) is 3.49. The van der Waals surface area contributed by atoms with Gasteiger partial charge in [0.25, 0.3) is 0 Å². The van der Waals surface area contributed by atoms with Crippen LogP contribution in [0.15, 0.2) is 30.3 Å². The SMILES string of the molecule is CCCNC(CCc1ccccc1)C(C)S(C)(=O)=O. The van der Waals surface area contributed by atoms with E-state index in [0.29, 0.717) is 0 Å². The van der Waals surface area contributed by atoms with E-state index < -0.39 is 9.84 Å². The molecule has 0 spiro atoms. The van der Waals surface area contributed by atoms with Gasteiger partial charge in [0, 0.05) is 12.3 Å². The topological polar surface area (TPSA) is 46.2 Å². The summed E-state index contributed by atoms with van der Waals surface area (Å²) in [7, 11) is -3.00. The van der Waals surface area contributed by atoms with Crippen molar-refractivity contribution >= 4 is 9.84 Å². The molecule has 0 amide bonds. The number of hydrogen-bond acceptors (Lipinski definition) is 3. The molecule has 2 atom stereocenters. The van der Waals surface area contributed by atoms with Crippen molar-refractivity contribution in [3.05, 3.63) is 35.9 Å². The molecule has 1 aromatic carbocycles. The average Bonchev–Trinajstić information content (AvgIpc) is 2.38. The molecule has 19 heavy (non-hydrogen) atoms. The lowest BCUT2D eigenvalue weighted by atomic mass is 10.0. The number of sulfone groups is 1. The van der Waals surface area contributed by atoms with Crippen molar-refractivity contribution in [1.29, 1.82) is 0 Å². The maximum absolute atomic E-state index is 11.7. The number of nitrogens with one attached hydrogen (secondary N) is 1. The van der Waals surface area contributed by atoms with Gasteiger partial charge in [-0.05, 0) is 38.3 Å². The Bertz CT molecular complexity index is 456. The molecule has 4 heteroatoms. The molecule has 2 unspecified atom stereocenters. The van der Waals surface area contributed by atoms with Gasteiger partial charge in [-0.2, -0.15) is 0 Å². The summed E-state index contributed by atoms with van der Waals surface area (Å²) < 4.78 is 23.4. The lowest BCUT2D eigenvalue weighted by molar-refractivity contribution is 0.460. The van der Waals surface area contributed by atoms with Crippen LogP contribution in [-0.4, -0.2) is 32.5 Å². The van der Waals surface area contributed by atoms with Gasteiger partial charge < -0.3 is 5.32 Å².